The molecule has 0 aliphatic carbocycles. The van der Waals surface area contributed by atoms with E-state index >= 15 is 0 Å². The lowest BCUT2D eigenvalue weighted by atomic mass is 9.77. The molecule has 3 aliphatic rings. The second kappa shape index (κ2) is 19.7. The van der Waals surface area contributed by atoms with E-state index in [-0.39, 0.29) is 16.7 Å². The van der Waals surface area contributed by atoms with Crippen LogP contribution >= 0.6 is 35.3 Å². The molecule has 13 heteroatoms. The van der Waals surface area contributed by atoms with Crippen molar-refractivity contribution in [1.29, 1.82) is 0 Å². The number of benzene rings is 5. The lowest BCUT2D eigenvalue weighted by Crippen LogP contribution is -2.71. The number of anilines is 1. The largest absolute Gasteiger partial charge is 0.469 e. The topological polar surface area (TPSA) is 114 Å². The van der Waals surface area contributed by atoms with Crippen LogP contribution in [0.2, 0.25) is 0 Å². The first kappa shape index (κ1) is 43.1. The average molecular weight is 906 g/mol. The first-order valence-corrected chi connectivity index (χ1v) is 23.7. The van der Waals surface area contributed by atoms with Gasteiger partial charge in [-0.05, 0) is 70.8 Å². The van der Waals surface area contributed by atoms with Crippen molar-refractivity contribution in [2.45, 2.75) is 42.3 Å². The van der Waals surface area contributed by atoms with Crippen LogP contribution < -0.4 is 10.6 Å². The summed E-state index contributed by atoms with van der Waals surface area (Å²) in [5.74, 6) is 0.170. The summed E-state index contributed by atoms with van der Waals surface area (Å²) in [7, 11) is 1.38. The number of rotatable bonds is 15. The van der Waals surface area contributed by atoms with Gasteiger partial charge in [0.05, 0.1) is 5.70 Å². The molecule has 0 saturated carbocycles. The van der Waals surface area contributed by atoms with Crippen LogP contribution in [-0.2, 0) is 29.4 Å². The molecular formula is C51H47N5O5S3. The number of carbonyl (C=O) groups excluding carboxylic acids is 2. The van der Waals surface area contributed by atoms with Crippen LogP contribution in [0.5, 0.6) is 0 Å². The summed E-state index contributed by atoms with van der Waals surface area (Å²) in [5, 5.41) is 13.1. The second-order valence-electron chi connectivity index (χ2n) is 15.8. The Morgan fingerprint density at radius 2 is 1.38 bits per heavy atom. The van der Waals surface area contributed by atoms with Gasteiger partial charge in [-0.25, -0.2) is 4.98 Å². The van der Waals surface area contributed by atoms with Gasteiger partial charge in [0.15, 0.2) is 10.8 Å². The maximum atomic E-state index is 14.4. The summed E-state index contributed by atoms with van der Waals surface area (Å²) in [5.41, 5.74) is 6.03. The minimum absolute atomic E-state index is 0.0491. The molecule has 1 aromatic heterocycles. The van der Waals surface area contributed by atoms with Crippen LogP contribution in [0.1, 0.15) is 58.9 Å². The van der Waals surface area contributed by atoms with Crippen LogP contribution in [-0.4, -0.2) is 70.0 Å². The number of nitrogens with one attached hydrogen (secondary N) is 2. The summed E-state index contributed by atoms with van der Waals surface area (Å²) in [6, 6.07) is 49.7. The van der Waals surface area contributed by atoms with Gasteiger partial charge in [0.2, 0.25) is 5.05 Å². The Labute approximate surface area is 386 Å². The number of thiazole rings is 1. The number of thiocarbonyl (C=S) groups is 1. The van der Waals surface area contributed by atoms with Gasteiger partial charge in [0, 0.05) is 24.3 Å². The quantitative estimate of drug-likeness (QED) is 0.0342. The van der Waals surface area contributed by atoms with Crippen LogP contribution in [0.15, 0.2) is 173 Å². The molecule has 1 unspecified atom stereocenters. The van der Waals surface area contributed by atoms with E-state index in [0.717, 1.165) is 52.7 Å². The SMILES string of the molecule is CO/N=C(/C(=O)NC1C(=O)N2C(C(=S)OC(c3ccccc3)c3ccccc3)=C(CC3CCOCC3)CS[C@H]12)c1csc(NC(c2ccccc2)(c2ccccc2)c2ccccc2)n1. The predicted octanol–water partition coefficient (Wildman–Crippen LogP) is 9.50. The zero-order valence-corrected chi connectivity index (χ0v) is 37.6. The number of nitrogens with zero attached hydrogens (tertiary/aromatic N) is 3. The third kappa shape index (κ3) is 8.85. The normalized spacial score (nSPS) is 17.9. The number of thioether (sulfide) groups is 1. The molecule has 324 valence electrons. The maximum Gasteiger partial charge on any atom is 0.276 e. The highest BCUT2D eigenvalue weighted by atomic mass is 32.2. The Bertz CT molecular complexity index is 2490. The minimum atomic E-state index is -0.848. The van der Waals surface area contributed by atoms with Crippen molar-refractivity contribution < 1.29 is 23.9 Å². The Kier molecular flexibility index (Phi) is 13.3. The smallest absolute Gasteiger partial charge is 0.276 e. The first-order chi connectivity index (χ1) is 31.4. The fourth-order valence-electron chi connectivity index (χ4n) is 8.76. The number of fused-ring (bicyclic) bond motifs is 1. The molecule has 9 rings (SSSR count). The van der Waals surface area contributed by atoms with Gasteiger partial charge in [0.1, 0.15) is 35.9 Å². The Morgan fingerprint density at radius 3 is 1.91 bits per heavy atom. The van der Waals surface area contributed by atoms with Gasteiger partial charge >= 0.3 is 0 Å². The van der Waals surface area contributed by atoms with Crippen molar-refractivity contribution in [2.24, 2.45) is 11.1 Å². The van der Waals surface area contributed by atoms with E-state index < -0.39 is 29.0 Å². The van der Waals surface area contributed by atoms with E-state index in [9.17, 15) is 9.59 Å². The van der Waals surface area contributed by atoms with Crippen molar-refractivity contribution in [3.8, 4) is 0 Å². The molecule has 2 amide bonds. The summed E-state index contributed by atoms with van der Waals surface area (Å²) in [6.07, 6.45) is 2.15. The zero-order chi connectivity index (χ0) is 43.9. The summed E-state index contributed by atoms with van der Waals surface area (Å²) >= 11 is 9.13. The monoisotopic (exact) mass is 905 g/mol. The number of hydrogen-bond acceptors (Lipinski definition) is 11. The summed E-state index contributed by atoms with van der Waals surface area (Å²) in [4.78, 5) is 40.6. The number of β-lactam (4-membered cyclic amide) rings is 1. The third-order valence-corrected chi connectivity index (χ3v) is 14.3. The van der Waals surface area contributed by atoms with Crippen LogP contribution in [0.3, 0.4) is 0 Å². The highest BCUT2D eigenvalue weighted by Crippen LogP contribution is 2.45. The number of hydrogen-bond donors (Lipinski definition) is 2. The van der Waals surface area contributed by atoms with Gasteiger partial charge in [-0.2, -0.15) is 0 Å². The van der Waals surface area contributed by atoms with Crippen molar-refractivity contribution >= 4 is 63.0 Å². The van der Waals surface area contributed by atoms with Gasteiger partial charge in [0.25, 0.3) is 11.8 Å². The van der Waals surface area contributed by atoms with E-state index in [0.29, 0.717) is 41.4 Å². The van der Waals surface area contributed by atoms with Crippen molar-refractivity contribution in [3.05, 3.63) is 202 Å². The minimum Gasteiger partial charge on any atom is -0.469 e. The fraction of sp³-hybridized carbons (Fsp3) is 0.235. The second-order valence-corrected chi connectivity index (χ2v) is 18.1. The molecule has 0 radical (unpaired) electrons. The van der Waals surface area contributed by atoms with E-state index in [2.05, 4.69) is 52.2 Å². The average Bonchev–Trinajstić information content (AvgIpc) is 3.82. The number of oxime groups is 1. The van der Waals surface area contributed by atoms with E-state index in [1.54, 1.807) is 22.0 Å². The zero-order valence-electron chi connectivity index (χ0n) is 35.2. The van der Waals surface area contributed by atoms with Crippen molar-refractivity contribution in [1.82, 2.24) is 15.2 Å². The molecule has 0 spiro atoms. The number of ether oxygens (including phenoxy) is 2. The van der Waals surface area contributed by atoms with Gasteiger partial charge in [-0.1, -0.05) is 157 Å². The predicted molar refractivity (Wildman–Crippen MR) is 257 cm³/mol. The van der Waals surface area contributed by atoms with Crippen LogP contribution in [0.4, 0.5) is 5.13 Å². The number of aromatic nitrogens is 1. The standard InChI is InChI=1S/C51H47N5O5S3/c1-59-55-42(41-33-64-50(52-41)54-51(38-21-11-4-12-22-38,39-23-13-5-14-24-39)40-25-15-6-16-26-40)46(57)53-43-47(58)56-44(37(32-63-48(43)56)31-34-27-29-60-30-28-34)49(62)61-45(35-17-7-2-8-18-35)36-19-9-3-10-20-36/h2-26,33-34,43,45,48H,27-32H2,1H3,(H,52,54)(H,53,57)/b55-42+/t43?,48-/m1/s1. The van der Waals surface area contributed by atoms with E-state index in [4.69, 9.17) is 31.5 Å². The van der Waals surface area contributed by atoms with E-state index in [1.165, 1.54) is 18.4 Å². The molecule has 64 heavy (non-hydrogen) atoms. The lowest BCUT2D eigenvalue weighted by molar-refractivity contribution is -0.144. The highest BCUT2D eigenvalue weighted by Gasteiger charge is 2.54. The molecule has 2 fully saturated rings. The molecular weight excluding hydrogens is 859 g/mol. The molecule has 2 saturated heterocycles. The molecule has 4 heterocycles. The maximum absolute atomic E-state index is 14.4. The molecule has 5 aromatic carbocycles. The van der Waals surface area contributed by atoms with Crippen LogP contribution in [0.25, 0.3) is 0 Å². The molecule has 2 atom stereocenters. The molecule has 3 aliphatic heterocycles. The first-order valence-electron chi connectivity index (χ1n) is 21.3. The Balaban J connectivity index is 0.979. The third-order valence-electron chi connectivity index (χ3n) is 11.9. The van der Waals surface area contributed by atoms with Crippen molar-refractivity contribution in [2.75, 3.05) is 31.4 Å². The highest BCUT2D eigenvalue weighted by molar-refractivity contribution is 8.00. The van der Waals surface area contributed by atoms with Crippen molar-refractivity contribution in [3.63, 3.8) is 0 Å². The molecule has 2 N–H and O–H groups in total. The number of amides is 2. The Hall–Kier alpha value is -6.12. The molecule has 10 nitrogen and oxygen atoms in total. The summed E-state index contributed by atoms with van der Waals surface area (Å²) in [6.45, 7) is 1.42. The Morgan fingerprint density at radius 1 is 0.844 bits per heavy atom. The molecule has 0 bridgehead atoms. The van der Waals surface area contributed by atoms with Gasteiger partial charge in [-0.15, -0.1) is 23.1 Å². The fourth-order valence-corrected chi connectivity index (χ4v) is 11.2. The van der Waals surface area contributed by atoms with E-state index in [1.807, 2.05) is 115 Å². The molecule has 6 aromatic rings. The lowest BCUT2D eigenvalue weighted by Gasteiger charge is -2.50. The number of carbonyl (C=O) groups is 2. The van der Waals surface area contributed by atoms with Crippen LogP contribution in [0, 0.1) is 5.92 Å². The summed E-state index contributed by atoms with van der Waals surface area (Å²) < 4.78 is 12.4. The van der Waals surface area contributed by atoms with Gasteiger partial charge < -0.3 is 24.9 Å². The van der Waals surface area contributed by atoms with Gasteiger partial charge in [-0.3, -0.25) is 14.5 Å².